The van der Waals surface area contributed by atoms with Crippen LogP contribution < -0.4 is 0 Å². The topological polar surface area (TPSA) is 0 Å². The third-order valence-electron chi connectivity index (χ3n) is 13.6. The summed E-state index contributed by atoms with van der Waals surface area (Å²) in [4.78, 5) is 0. The molecule has 0 fully saturated rings. The molecule has 0 radical (unpaired) electrons. The summed E-state index contributed by atoms with van der Waals surface area (Å²) in [6, 6.07) is 55.7. The highest BCUT2D eigenvalue weighted by atomic mass is 19.2. The maximum absolute atomic E-state index is 14.7. The Bertz CT molecular complexity index is 3250. The predicted octanol–water partition coefficient (Wildman–Crippen LogP) is 20.6. The van der Waals surface area contributed by atoms with Crippen molar-refractivity contribution in [2.75, 3.05) is 0 Å². The van der Waals surface area contributed by atoms with Gasteiger partial charge in [0.25, 0.3) is 0 Å². The van der Waals surface area contributed by atoms with Crippen LogP contribution in [0.3, 0.4) is 0 Å². The molecule has 0 saturated carbocycles. The molecule has 9 aromatic rings. The van der Waals surface area contributed by atoms with E-state index in [-0.39, 0.29) is 0 Å². The first-order valence-electron chi connectivity index (χ1n) is 26.3. The van der Waals surface area contributed by atoms with Gasteiger partial charge in [0.1, 0.15) is 0 Å². The van der Waals surface area contributed by atoms with E-state index >= 15 is 0 Å². The fraction of sp³-hybridized carbons (Fsp3) is 0.217. The third kappa shape index (κ3) is 13.8. The molecule has 0 heterocycles. The van der Waals surface area contributed by atoms with Crippen molar-refractivity contribution in [3.63, 3.8) is 0 Å². The lowest BCUT2D eigenvalue weighted by atomic mass is 9.97. The van der Waals surface area contributed by atoms with Gasteiger partial charge in [-0.05, 0) is 107 Å². The fourth-order valence-electron chi connectivity index (χ4n) is 9.07. The number of benzene rings is 9. The first-order chi connectivity index (χ1) is 36.4. The maximum atomic E-state index is 14.7. The summed E-state index contributed by atoms with van der Waals surface area (Å²) in [5, 5.41) is 0. The van der Waals surface area contributed by atoms with Gasteiger partial charge in [-0.1, -0.05) is 241 Å². The lowest BCUT2D eigenvalue weighted by Gasteiger charge is -2.10. The minimum Gasteiger partial charge on any atom is -0.203 e. The monoisotopic (exact) mass is 1010 g/mol. The zero-order valence-corrected chi connectivity index (χ0v) is 44.0. The molecule has 9 aromatic carbocycles. The van der Waals surface area contributed by atoms with E-state index in [1.165, 1.54) is 27.8 Å². The van der Waals surface area contributed by atoms with Gasteiger partial charge in [-0.3, -0.25) is 0 Å². The average molecular weight is 1010 g/mol. The highest BCUT2D eigenvalue weighted by Crippen LogP contribution is 2.35. The van der Waals surface area contributed by atoms with E-state index in [9.17, 15) is 26.3 Å². The molecule has 0 bridgehead atoms. The van der Waals surface area contributed by atoms with Crippen LogP contribution in [0, 0.1) is 41.8 Å². The molecular formula is C69H66F6. The number of hydrogen-bond acceptors (Lipinski definition) is 0. The van der Waals surface area contributed by atoms with Crippen LogP contribution in [0.15, 0.2) is 182 Å². The smallest absolute Gasteiger partial charge is 0.167 e. The SMILES string of the molecule is CCCCc1ccc(-c2ccc(-c3ccc(CC)cc3)c(F)c2F)cc1.CCCc1ccc(-c2ccc(-c3ccc(C)cc3)c(F)c2F)cc1.CCCc1ccc(-c2ccc(-c3ccc(CC)cc3)c(F)c2F)cc1. The summed E-state index contributed by atoms with van der Waals surface area (Å²) in [6.07, 6.45) is 9.24. The normalized spacial score (nSPS) is 10.9. The Morgan fingerprint density at radius 2 is 0.453 bits per heavy atom. The minimum absolute atomic E-state index is 0.291. The summed E-state index contributed by atoms with van der Waals surface area (Å²) < 4.78 is 87.8. The molecule has 75 heavy (non-hydrogen) atoms. The molecule has 6 heteroatoms. The van der Waals surface area contributed by atoms with E-state index in [4.69, 9.17) is 0 Å². The Kier molecular flexibility index (Phi) is 19.7. The Hall–Kier alpha value is -7.44. The van der Waals surface area contributed by atoms with Gasteiger partial charge in [-0.25, -0.2) is 26.3 Å². The first kappa shape index (κ1) is 55.3. The molecule has 0 saturated heterocycles. The molecule has 0 atom stereocenters. The standard InChI is InChI=1S/C24H24F2.C23H22F2.C22H20F2/c1-3-5-6-18-9-13-20(14-10-18)22-16-15-21(23(25)24(22)26)19-11-7-17(4-2)8-12-19;1-3-5-17-8-12-19(13-9-17)21-15-14-20(22(24)23(21)25)18-10-6-16(4-2)7-11-18;1-3-4-16-7-11-18(12-8-16)20-14-13-19(21(23)22(20)24)17-9-5-15(2)6-10-17/h7-16H,3-6H2,1-2H3;6-15H,3-5H2,1-2H3;5-14H,3-4H2,1-2H3. The quantitative estimate of drug-likeness (QED) is 0.0898. The molecule has 0 amide bonds. The predicted molar refractivity (Wildman–Crippen MR) is 302 cm³/mol. The second-order valence-electron chi connectivity index (χ2n) is 19.0. The molecule has 0 aliphatic rings. The van der Waals surface area contributed by atoms with E-state index in [0.717, 1.165) is 63.4 Å². The third-order valence-corrected chi connectivity index (χ3v) is 13.6. The number of unbranched alkanes of at least 4 members (excludes halogenated alkanes) is 1. The van der Waals surface area contributed by atoms with Crippen molar-refractivity contribution in [3.05, 3.63) is 250 Å². The van der Waals surface area contributed by atoms with Crippen LogP contribution in [0.1, 0.15) is 93.7 Å². The van der Waals surface area contributed by atoms with Crippen molar-refractivity contribution >= 4 is 0 Å². The van der Waals surface area contributed by atoms with E-state index < -0.39 is 34.9 Å². The van der Waals surface area contributed by atoms with Crippen molar-refractivity contribution in [1.82, 2.24) is 0 Å². The second-order valence-corrected chi connectivity index (χ2v) is 19.0. The Morgan fingerprint density at radius 3 is 0.667 bits per heavy atom. The number of halogens is 6. The lowest BCUT2D eigenvalue weighted by Crippen LogP contribution is -1.94. The van der Waals surface area contributed by atoms with Crippen LogP contribution >= 0.6 is 0 Å². The number of hydrogen-bond donors (Lipinski definition) is 0. The van der Waals surface area contributed by atoms with Gasteiger partial charge >= 0.3 is 0 Å². The molecule has 0 aliphatic heterocycles. The van der Waals surface area contributed by atoms with Gasteiger partial charge in [0.2, 0.25) is 0 Å². The zero-order valence-electron chi connectivity index (χ0n) is 44.0. The summed E-state index contributed by atoms with van der Waals surface area (Å²) in [7, 11) is 0. The van der Waals surface area contributed by atoms with Gasteiger partial charge in [0, 0.05) is 33.4 Å². The molecule has 0 unspecified atom stereocenters. The van der Waals surface area contributed by atoms with E-state index in [1.807, 2.05) is 153 Å². The maximum Gasteiger partial charge on any atom is 0.167 e. The summed E-state index contributed by atoms with van der Waals surface area (Å²) in [5.74, 6) is -4.75. The van der Waals surface area contributed by atoms with Crippen molar-refractivity contribution in [2.45, 2.75) is 99.3 Å². The highest BCUT2D eigenvalue weighted by molar-refractivity contribution is 5.75. The Morgan fingerprint density at radius 1 is 0.240 bits per heavy atom. The molecular weight excluding hydrogens is 943 g/mol. The van der Waals surface area contributed by atoms with Crippen molar-refractivity contribution in [3.8, 4) is 66.8 Å². The van der Waals surface area contributed by atoms with E-state index in [1.54, 1.807) is 36.4 Å². The summed E-state index contributed by atoms with van der Waals surface area (Å²) in [6.45, 7) is 12.5. The van der Waals surface area contributed by atoms with Gasteiger partial charge in [-0.2, -0.15) is 0 Å². The van der Waals surface area contributed by atoms with E-state index in [0.29, 0.717) is 66.8 Å². The molecule has 0 aromatic heterocycles. The molecule has 0 aliphatic carbocycles. The number of rotatable bonds is 15. The van der Waals surface area contributed by atoms with Gasteiger partial charge in [0.05, 0.1) is 0 Å². The highest BCUT2D eigenvalue weighted by Gasteiger charge is 2.19. The molecule has 384 valence electrons. The van der Waals surface area contributed by atoms with Gasteiger partial charge < -0.3 is 0 Å². The van der Waals surface area contributed by atoms with Crippen LogP contribution in [-0.2, 0) is 32.1 Å². The van der Waals surface area contributed by atoms with Crippen LogP contribution in [0.4, 0.5) is 26.3 Å². The average Bonchev–Trinajstić information content (AvgIpc) is 3.44. The van der Waals surface area contributed by atoms with Crippen molar-refractivity contribution < 1.29 is 26.3 Å². The zero-order chi connectivity index (χ0) is 53.4. The van der Waals surface area contributed by atoms with Crippen molar-refractivity contribution in [2.24, 2.45) is 0 Å². The van der Waals surface area contributed by atoms with Gasteiger partial charge in [-0.15, -0.1) is 0 Å². The first-order valence-corrected chi connectivity index (χ1v) is 26.3. The lowest BCUT2D eigenvalue weighted by molar-refractivity contribution is 0.514. The van der Waals surface area contributed by atoms with Crippen LogP contribution in [0.25, 0.3) is 66.8 Å². The minimum atomic E-state index is -0.797. The van der Waals surface area contributed by atoms with Gasteiger partial charge in [0.15, 0.2) is 34.9 Å². The van der Waals surface area contributed by atoms with Crippen LogP contribution in [0.2, 0.25) is 0 Å². The molecule has 0 nitrogen and oxygen atoms in total. The summed E-state index contributed by atoms with van der Waals surface area (Å²) >= 11 is 0. The fourth-order valence-corrected chi connectivity index (χ4v) is 9.07. The van der Waals surface area contributed by atoms with E-state index in [2.05, 4.69) is 34.6 Å². The molecule has 0 spiro atoms. The molecule has 9 rings (SSSR count). The van der Waals surface area contributed by atoms with Crippen molar-refractivity contribution in [1.29, 1.82) is 0 Å². The Balaban J connectivity index is 0.000000164. The van der Waals surface area contributed by atoms with Crippen LogP contribution in [0.5, 0.6) is 0 Å². The Labute approximate surface area is 440 Å². The molecule has 0 N–H and O–H groups in total. The largest absolute Gasteiger partial charge is 0.203 e. The van der Waals surface area contributed by atoms with Crippen LogP contribution in [-0.4, -0.2) is 0 Å². The summed E-state index contributed by atoms with van der Waals surface area (Å²) in [5.41, 5.74) is 13.0. The second kappa shape index (κ2) is 26.7. The number of aryl methyl sites for hydroxylation is 6.